The molecule has 2 aromatic rings. The Morgan fingerprint density at radius 1 is 1.40 bits per heavy atom. The molecule has 0 aliphatic heterocycles. The molecule has 0 radical (unpaired) electrons. The Labute approximate surface area is 170 Å². The molecule has 0 aliphatic rings. The van der Waals surface area contributed by atoms with Crippen molar-refractivity contribution in [1.82, 2.24) is 15.6 Å². The third-order valence-corrected chi connectivity index (χ3v) is 4.51. The summed E-state index contributed by atoms with van der Waals surface area (Å²) in [6, 6.07) is 3.97. The van der Waals surface area contributed by atoms with Crippen molar-refractivity contribution in [1.29, 1.82) is 0 Å². The minimum Gasteiger partial charge on any atom is -0.443 e. The lowest BCUT2D eigenvalue weighted by molar-refractivity contribution is 0.0205. The lowest BCUT2D eigenvalue weighted by Crippen LogP contribution is -2.45. The highest BCUT2D eigenvalue weighted by Gasteiger charge is 2.24. The Kier molecular flexibility index (Phi) is 8.87. The van der Waals surface area contributed by atoms with Crippen molar-refractivity contribution in [2.45, 2.75) is 33.4 Å². The van der Waals surface area contributed by atoms with Gasteiger partial charge in [0.2, 0.25) is 5.89 Å². The highest BCUT2D eigenvalue weighted by Crippen LogP contribution is 2.23. The molecule has 0 saturated heterocycles. The first-order valence-corrected chi connectivity index (χ1v) is 8.77. The van der Waals surface area contributed by atoms with Crippen molar-refractivity contribution >= 4 is 41.3 Å². The van der Waals surface area contributed by atoms with Crippen molar-refractivity contribution < 1.29 is 9.15 Å². The molecule has 6 nitrogen and oxygen atoms in total. The van der Waals surface area contributed by atoms with E-state index in [4.69, 9.17) is 9.15 Å². The van der Waals surface area contributed by atoms with Crippen molar-refractivity contribution in [2.75, 3.05) is 20.7 Å². The highest BCUT2D eigenvalue weighted by molar-refractivity contribution is 14.0. The van der Waals surface area contributed by atoms with Crippen LogP contribution < -0.4 is 10.6 Å². The third kappa shape index (κ3) is 6.59. The van der Waals surface area contributed by atoms with Gasteiger partial charge in [-0.25, -0.2) is 4.98 Å². The maximum Gasteiger partial charge on any atom is 0.236 e. The largest absolute Gasteiger partial charge is 0.443 e. The molecule has 0 fully saturated rings. The summed E-state index contributed by atoms with van der Waals surface area (Å²) < 4.78 is 11.1. The van der Waals surface area contributed by atoms with E-state index in [0.717, 1.165) is 10.6 Å². The molecular weight excluding hydrogens is 451 g/mol. The number of hydrogen-bond donors (Lipinski definition) is 2. The number of methoxy groups -OCH3 is 1. The molecule has 0 aliphatic carbocycles. The molecule has 0 spiro atoms. The number of guanidine groups is 1. The van der Waals surface area contributed by atoms with Crippen LogP contribution in [0.1, 0.15) is 26.5 Å². The quantitative estimate of drug-likeness (QED) is 0.376. The van der Waals surface area contributed by atoms with E-state index in [1.54, 1.807) is 31.8 Å². The number of aliphatic imine (C=N–C) groups is 1. The molecule has 0 aromatic carbocycles. The third-order valence-electron chi connectivity index (χ3n) is 3.65. The second-order valence-electron chi connectivity index (χ2n) is 6.52. The molecule has 0 saturated carbocycles. The first-order valence-electron chi connectivity index (χ1n) is 7.89. The van der Waals surface area contributed by atoms with Crippen LogP contribution in [-0.2, 0) is 11.3 Å². The summed E-state index contributed by atoms with van der Waals surface area (Å²) in [5.74, 6) is 1.36. The van der Waals surface area contributed by atoms with Gasteiger partial charge in [0.1, 0.15) is 6.26 Å². The average Bonchev–Trinajstić information content (AvgIpc) is 3.20. The van der Waals surface area contributed by atoms with E-state index in [0.29, 0.717) is 24.9 Å². The SMILES string of the molecule is CN=C(NCc1coc(-c2cccs2)n1)NCC(OC)C(C)(C)C.I. The molecule has 0 amide bonds. The van der Waals surface area contributed by atoms with E-state index >= 15 is 0 Å². The summed E-state index contributed by atoms with van der Waals surface area (Å²) in [4.78, 5) is 9.74. The maximum atomic E-state index is 5.55. The number of halogens is 1. The minimum atomic E-state index is 0. The lowest BCUT2D eigenvalue weighted by Gasteiger charge is -2.30. The zero-order valence-corrected chi connectivity index (χ0v) is 18.5. The van der Waals surface area contributed by atoms with Crippen molar-refractivity contribution in [3.8, 4) is 10.8 Å². The van der Waals surface area contributed by atoms with E-state index in [-0.39, 0.29) is 35.5 Å². The predicted octanol–water partition coefficient (Wildman–Crippen LogP) is 3.75. The van der Waals surface area contributed by atoms with Gasteiger partial charge in [-0.2, -0.15) is 0 Å². The lowest BCUT2D eigenvalue weighted by atomic mass is 9.89. The van der Waals surface area contributed by atoms with E-state index < -0.39 is 0 Å². The van der Waals surface area contributed by atoms with Crippen LogP contribution in [0.5, 0.6) is 0 Å². The Morgan fingerprint density at radius 2 is 2.16 bits per heavy atom. The van der Waals surface area contributed by atoms with Crippen molar-refractivity contribution in [2.24, 2.45) is 10.4 Å². The number of ether oxygens (including phenoxy) is 1. The maximum absolute atomic E-state index is 5.55. The Balaban J connectivity index is 0.00000312. The highest BCUT2D eigenvalue weighted by atomic mass is 127. The molecule has 2 N–H and O–H groups in total. The van der Waals surface area contributed by atoms with Gasteiger partial charge < -0.3 is 19.8 Å². The van der Waals surface area contributed by atoms with Crippen LogP contribution in [0.25, 0.3) is 10.8 Å². The number of nitrogens with zero attached hydrogens (tertiary/aromatic N) is 2. The Hall–Kier alpha value is -1.13. The van der Waals surface area contributed by atoms with Gasteiger partial charge in [-0.3, -0.25) is 4.99 Å². The predicted molar refractivity (Wildman–Crippen MR) is 114 cm³/mol. The molecule has 140 valence electrons. The topological polar surface area (TPSA) is 71.7 Å². The molecule has 2 heterocycles. The van der Waals surface area contributed by atoms with Gasteiger partial charge in [-0.1, -0.05) is 26.8 Å². The van der Waals surface area contributed by atoms with Gasteiger partial charge in [0, 0.05) is 20.7 Å². The van der Waals surface area contributed by atoms with Gasteiger partial charge in [0.15, 0.2) is 5.96 Å². The van der Waals surface area contributed by atoms with Gasteiger partial charge in [0.25, 0.3) is 0 Å². The normalized spacial score (nSPS) is 13.2. The fraction of sp³-hybridized carbons (Fsp3) is 0.529. The summed E-state index contributed by atoms with van der Waals surface area (Å²) in [5.41, 5.74) is 0.892. The molecule has 2 aromatic heterocycles. The van der Waals surface area contributed by atoms with Gasteiger partial charge in [-0.05, 0) is 16.9 Å². The summed E-state index contributed by atoms with van der Waals surface area (Å²) in [6.07, 6.45) is 1.76. The number of oxazole rings is 1. The van der Waals surface area contributed by atoms with Crippen molar-refractivity contribution in [3.05, 3.63) is 29.5 Å². The molecule has 0 bridgehead atoms. The van der Waals surface area contributed by atoms with Crippen LogP contribution in [0.4, 0.5) is 0 Å². The number of hydrogen-bond acceptors (Lipinski definition) is 5. The number of nitrogens with one attached hydrogen (secondary N) is 2. The molecule has 2 rings (SSSR count). The number of rotatable bonds is 6. The van der Waals surface area contributed by atoms with Crippen LogP contribution in [0.15, 0.2) is 33.2 Å². The second-order valence-corrected chi connectivity index (χ2v) is 7.47. The zero-order chi connectivity index (χ0) is 17.6. The Bertz CT molecular complexity index is 650. The molecule has 1 atom stereocenters. The smallest absolute Gasteiger partial charge is 0.236 e. The van der Waals surface area contributed by atoms with E-state index in [1.807, 2.05) is 17.5 Å². The monoisotopic (exact) mass is 478 g/mol. The zero-order valence-electron chi connectivity index (χ0n) is 15.3. The van der Waals surface area contributed by atoms with E-state index in [2.05, 4.69) is 41.4 Å². The number of thiophene rings is 1. The summed E-state index contributed by atoms with van der Waals surface area (Å²) >= 11 is 1.61. The van der Waals surface area contributed by atoms with Crippen LogP contribution in [0.3, 0.4) is 0 Å². The minimum absolute atomic E-state index is 0. The Morgan fingerprint density at radius 3 is 2.72 bits per heavy atom. The summed E-state index contributed by atoms with van der Waals surface area (Å²) in [5, 5.41) is 8.53. The first kappa shape index (κ1) is 21.9. The average molecular weight is 478 g/mol. The van der Waals surface area contributed by atoms with Crippen LogP contribution in [-0.4, -0.2) is 37.7 Å². The van der Waals surface area contributed by atoms with Gasteiger partial charge >= 0.3 is 0 Å². The summed E-state index contributed by atoms with van der Waals surface area (Å²) in [6.45, 7) is 7.68. The van der Waals surface area contributed by atoms with E-state index in [9.17, 15) is 0 Å². The second kappa shape index (κ2) is 10.1. The molecule has 8 heteroatoms. The van der Waals surface area contributed by atoms with Crippen LogP contribution in [0.2, 0.25) is 0 Å². The molecular formula is C17H27IN4O2S. The first-order chi connectivity index (χ1) is 11.4. The van der Waals surface area contributed by atoms with Crippen LogP contribution >= 0.6 is 35.3 Å². The summed E-state index contributed by atoms with van der Waals surface area (Å²) in [7, 11) is 3.48. The molecule has 1 unspecified atom stereocenters. The number of aromatic nitrogens is 1. The standard InChI is InChI=1S/C17H26N4O2S.HI/c1-17(2,3)14(22-5)10-20-16(18-4)19-9-12-11-23-15(21-12)13-7-6-8-24-13;/h6-8,11,14H,9-10H2,1-5H3,(H2,18,19,20);1H. The van der Waals surface area contributed by atoms with Crippen LogP contribution in [0, 0.1) is 5.41 Å². The fourth-order valence-corrected chi connectivity index (χ4v) is 2.88. The molecule has 25 heavy (non-hydrogen) atoms. The van der Waals surface area contributed by atoms with Crippen molar-refractivity contribution in [3.63, 3.8) is 0 Å². The van der Waals surface area contributed by atoms with E-state index in [1.165, 1.54) is 0 Å². The van der Waals surface area contributed by atoms with Gasteiger partial charge in [0.05, 0.1) is 23.2 Å². The van der Waals surface area contributed by atoms with Gasteiger partial charge in [-0.15, -0.1) is 35.3 Å². The fourth-order valence-electron chi connectivity index (χ4n) is 2.23.